The van der Waals surface area contributed by atoms with Gasteiger partial charge in [-0.05, 0) is 56.6 Å². The molecule has 0 bridgehead atoms. The van der Waals surface area contributed by atoms with Crippen LogP contribution in [0.15, 0.2) is 12.1 Å². The predicted molar refractivity (Wildman–Crippen MR) is 93.4 cm³/mol. The van der Waals surface area contributed by atoms with Crippen LogP contribution in [0.25, 0.3) is 5.65 Å². The highest BCUT2D eigenvalue weighted by Crippen LogP contribution is 2.38. The minimum absolute atomic E-state index is 0.0637. The van der Waals surface area contributed by atoms with Crippen LogP contribution in [0.1, 0.15) is 50.3 Å². The smallest absolute Gasteiger partial charge is 0.224 e. The molecule has 3 aliphatic rings. The molecule has 132 valence electrons. The topological polar surface area (TPSA) is 75.4 Å². The van der Waals surface area contributed by atoms with E-state index in [-0.39, 0.29) is 11.8 Å². The molecule has 3 heterocycles. The molecule has 3 fully saturated rings. The van der Waals surface area contributed by atoms with Gasteiger partial charge in [0.1, 0.15) is 5.82 Å². The summed E-state index contributed by atoms with van der Waals surface area (Å²) in [6.07, 6.45) is 6.89. The highest BCUT2D eigenvalue weighted by molar-refractivity contribution is 5.79. The van der Waals surface area contributed by atoms with Gasteiger partial charge >= 0.3 is 0 Å². The minimum atomic E-state index is 0.0637. The molecule has 1 amide bonds. The summed E-state index contributed by atoms with van der Waals surface area (Å²) in [5.41, 5.74) is 0.807. The van der Waals surface area contributed by atoms with E-state index in [4.69, 9.17) is 5.10 Å². The molecule has 7 heteroatoms. The molecule has 1 saturated heterocycles. The number of carbonyl (C=O) groups excluding carboxylic acids is 1. The van der Waals surface area contributed by atoms with Crippen LogP contribution in [0.4, 0.5) is 5.82 Å². The second kappa shape index (κ2) is 5.97. The molecule has 1 atom stereocenters. The summed E-state index contributed by atoms with van der Waals surface area (Å²) in [6.45, 7) is 2.55. The lowest BCUT2D eigenvalue weighted by atomic mass is 9.97. The maximum absolute atomic E-state index is 12.4. The number of fused-ring (bicyclic) bond motifs is 1. The lowest BCUT2D eigenvalue weighted by Crippen LogP contribution is -2.44. The first-order chi connectivity index (χ1) is 12.3. The van der Waals surface area contributed by atoms with E-state index in [2.05, 4.69) is 20.4 Å². The zero-order valence-corrected chi connectivity index (χ0v) is 14.4. The van der Waals surface area contributed by atoms with Gasteiger partial charge in [0.05, 0.1) is 5.92 Å². The van der Waals surface area contributed by atoms with Crippen molar-refractivity contribution in [3.63, 3.8) is 0 Å². The number of anilines is 1. The Kier molecular flexibility index (Phi) is 3.60. The summed E-state index contributed by atoms with van der Waals surface area (Å²) in [7, 11) is 0. The maximum Gasteiger partial charge on any atom is 0.224 e. The molecule has 7 nitrogen and oxygen atoms in total. The largest absolute Gasteiger partial charge is 0.356 e. The van der Waals surface area contributed by atoms with Gasteiger partial charge in [0.2, 0.25) is 5.91 Å². The molecule has 2 aromatic heterocycles. The van der Waals surface area contributed by atoms with E-state index in [0.29, 0.717) is 5.92 Å². The van der Waals surface area contributed by atoms with Crippen LogP contribution in [0.5, 0.6) is 0 Å². The van der Waals surface area contributed by atoms with Gasteiger partial charge < -0.3 is 10.2 Å². The Balaban J connectivity index is 1.32. The first-order valence-electron chi connectivity index (χ1n) is 9.53. The third-order valence-corrected chi connectivity index (χ3v) is 5.59. The normalized spacial score (nSPS) is 23.8. The molecular weight excluding hydrogens is 316 g/mol. The Morgan fingerprint density at radius 3 is 2.84 bits per heavy atom. The monoisotopic (exact) mass is 340 g/mol. The quantitative estimate of drug-likeness (QED) is 0.897. The molecule has 0 spiro atoms. The SMILES string of the molecule is O=C(NCC1CC1)C1CCCN(c2ccc3nnc(C4CC4)n3n2)C1. The van der Waals surface area contributed by atoms with Crippen molar-refractivity contribution in [2.45, 2.75) is 44.4 Å². The van der Waals surface area contributed by atoms with Crippen LogP contribution in [0, 0.1) is 11.8 Å². The highest BCUT2D eigenvalue weighted by atomic mass is 16.1. The second-order valence-corrected chi connectivity index (χ2v) is 7.77. The van der Waals surface area contributed by atoms with Crippen molar-refractivity contribution in [3.8, 4) is 0 Å². The van der Waals surface area contributed by atoms with Crippen LogP contribution >= 0.6 is 0 Å². The van der Waals surface area contributed by atoms with Crippen LogP contribution in [-0.4, -0.2) is 45.4 Å². The zero-order valence-electron chi connectivity index (χ0n) is 14.4. The van der Waals surface area contributed by atoms with E-state index in [1.54, 1.807) is 0 Å². The molecule has 1 aliphatic heterocycles. The Morgan fingerprint density at radius 1 is 1.16 bits per heavy atom. The average Bonchev–Trinajstić information content (AvgIpc) is 3.58. The van der Waals surface area contributed by atoms with Gasteiger partial charge in [0, 0.05) is 25.6 Å². The first kappa shape index (κ1) is 15.1. The lowest BCUT2D eigenvalue weighted by molar-refractivity contribution is -0.125. The molecule has 1 N–H and O–H groups in total. The van der Waals surface area contributed by atoms with E-state index in [0.717, 1.165) is 55.7 Å². The molecule has 25 heavy (non-hydrogen) atoms. The predicted octanol–water partition coefficient (Wildman–Crippen LogP) is 1.74. The van der Waals surface area contributed by atoms with Crippen molar-refractivity contribution < 1.29 is 4.79 Å². The minimum Gasteiger partial charge on any atom is -0.356 e. The average molecular weight is 340 g/mol. The number of carbonyl (C=O) groups is 1. The van der Waals surface area contributed by atoms with Crippen molar-refractivity contribution in [1.29, 1.82) is 0 Å². The third-order valence-electron chi connectivity index (χ3n) is 5.59. The van der Waals surface area contributed by atoms with E-state index in [9.17, 15) is 4.79 Å². The number of piperidine rings is 1. The van der Waals surface area contributed by atoms with Gasteiger partial charge in [-0.15, -0.1) is 15.3 Å². The van der Waals surface area contributed by atoms with E-state index >= 15 is 0 Å². The summed E-state index contributed by atoms with van der Waals surface area (Å²) in [6, 6.07) is 3.99. The fourth-order valence-corrected chi connectivity index (χ4v) is 3.67. The van der Waals surface area contributed by atoms with Crippen LogP contribution in [0.2, 0.25) is 0 Å². The van der Waals surface area contributed by atoms with Crippen molar-refractivity contribution in [2.75, 3.05) is 24.5 Å². The number of nitrogens with zero attached hydrogens (tertiary/aromatic N) is 5. The lowest BCUT2D eigenvalue weighted by Gasteiger charge is -2.32. The number of hydrogen-bond donors (Lipinski definition) is 1. The summed E-state index contributed by atoms with van der Waals surface area (Å²) in [4.78, 5) is 14.7. The number of aromatic nitrogens is 4. The second-order valence-electron chi connectivity index (χ2n) is 7.77. The van der Waals surface area contributed by atoms with E-state index in [1.807, 2.05) is 16.6 Å². The fourth-order valence-electron chi connectivity index (χ4n) is 3.67. The Hall–Kier alpha value is -2.18. The first-order valence-corrected chi connectivity index (χ1v) is 9.53. The molecular formula is C18H24N6O. The molecule has 5 rings (SSSR count). The van der Waals surface area contributed by atoms with Crippen molar-refractivity contribution in [1.82, 2.24) is 25.1 Å². The maximum atomic E-state index is 12.4. The van der Waals surface area contributed by atoms with Crippen LogP contribution in [-0.2, 0) is 4.79 Å². The van der Waals surface area contributed by atoms with Crippen LogP contribution in [0.3, 0.4) is 0 Å². The number of rotatable bonds is 5. The van der Waals surface area contributed by atoms with Gasteiger partial charge in [0.25, 0.3) is 0 Å². The standard InChI is InChI=1S/C18H24N6O/c25-18(19-10-12-3-4-12)14-2-1-9-23(11-14)16-8-7-15-20-21-17(13-5-6-13)24(15)22-16/h7-8,12-14H,1-6,9-11H2,(H,19,25). The summed E-state index contributed by atoms with van der Waals surface area (Å²) in [5.74, 6) is 3.42. The number of nitrogens with one attached hydrogen (secondary N) is 1. The van der Waals surface area contributed by atoms with Gasteiger partial charge in [-0.3, -0.25) is 4.79 Å². The highest BCUT2D eigenvalue weighted by Gasteiger charge is 2.31. The molecule has 2 aliphatic carbocycles. The Morgan fingerprint density at radius 2 is 2.04 bits per heavy atom. The molecule has 0 radical (unpaired) electrons. The molecule has 0 aromatic carbocycles. The van der Waals surface area contributed by atoms with Crippen molar-refractivity contribution in [2.24, 2.45) is 11.8 Å². The van der Waals surface area contributed by atoms with E-state index in [1.165, 1.54) is 25.7 Å². The van der Waals surface area contributed by atoms with Crippen molar-refractivity contribution >= 4 is 17.4 Å². The van der Waals surface area contributed by atoms with Gasteiger partial charge in [0.15, 0.2) is 11.5 Å². The molecule has 1 unspecified atom stereocenters. The van der Waals surface area contributed by atoms with Crippen molar-refractivity contribution in [3.05, 3.63) is 18.0 Å². The zero-order chi connectivity index (χ0) is 16.8. The fraction of sp³-hybridized carbons (Fsp3) is 0.667. The number of amides is 1. The summed E-state index contributed by atoms with van der Waals surface area (Å²) in [5, 5.41) is 16.4. The molecule has 2 aromatic rings. The van der Waals surface area contributed by atoms with Crippen LogP contribution < -0.4 is 10.2 Å². The Labute approximate surface area is 146 Å². The Bertz CT molecular complexity index is 794. The summed E-state index contributed by atoms with van der Waals surface area (Å²) < 4.78 is 1.89. The number of hydrogen-bond acceptors (Lipinski definition) is 5. The van der Waals surface area contributed by atoms with Gasteiger partial charge in [-0.25, -0.2) is 0 Å². The summed E-state index contributed by atoms with van der Waals surface area (Å²) >= 11 is 0. The van der Waals surface area contributed by atoms with Gasteiger partial charge in [-0.2, -0.15) is 4.52 Å². The molecule has 2 saturated carbocycles. The third kappa shape index (κ3) is 3.07. The van der Waals surface area contributed by atoms with E-state index < -0.39 is 0 Å². The van der Waals surface area contributed by atoms with Gasteiger partial charge in [-0.1, -0.05) is 0 Å².